The number of thiophene rings is 1. The highest BCUT2D eigenvalue weighted by Gasteiger charge is 2.19. The number of hydrogen-bond donors (Lipinski definition) is 0. The van der Waals surface area contributed by atoms with Gasteiger partial charge in [0.2, 0.25) is 0 Å². The molecule has 12 aromatic rings. The Morgan fingerprint density at radius 3 is 1.59 bits per heavy atom. The fraction of sp³-hybridized carbons (Fsp3) is 0. The van der Waals surface area contributed by atoms with Gasteiger partial charge in [-0.05, 0) is 123 Å². The van der Waals surface area contributed by atoms with Crippen LogP contribution in [-0.4, -0.2) is 4.57 Å². The lowest BCUT2D eigenvalue weighted by atomic mass is 10.0. The van der Waals surface area contributed by atoms with Crippen molar-refractivity contribution in [2.75, 3.05) is 4.90 Å². The second-order valence-corrected chi connectivity index (χ2v) is 16.4. The molecule has 0 aliphatic carbocycles. The fourth-order valence-electron chi connectivity index (χ4n) is 9.05. The summed E-state index contributed by atoms with van der Waals surface area (Å²) in [5, 5.41) is 10.3. The summed E-state index contributed by atoms with van der Waals surface area (Å²) in [5.41, 5.74) is 11.8. The van der Waals surface area contributed by atoms with E-state index >= 15 is 0 Å². The number of hydrogen-bond acceptors (Lipinski definition) is 2. The maximum atomic E-state index is 2.46. The third-order valence-corrected chi connectivity index (χ3v) is 13.2. The van der Waals surface area contributed by atoms with Crippen LogP contribution in [-0.2, 0) is 0 Å². The molecule has 276 valence electrons. The zero-order chi connectivity index (χ0) is 38.9. The fourth-order valence-corrected chi connectivity index (χ4v) is 10.3. The first-order chi connectivity index (χ1) is 29.2. The maximum absolute atomic E-state index is 2.46. The van der Waals surface area contributed by atoms with E-state index in [9.17, 15) is 0 Å². The van der Waals surface area contributed by atoms with Crippen molar-refractivity contribution < 1.29 is 0 Å². The molecule has 12 rings (SSSR count). The summed E-state index contributed by atoms with van der Waals surface area (Å²) < 4.78 is 5.13. The third kappa shape index (κ3) is 5.62. The Morgan fingerprint density at radius 1 is 0.339 bits per heavy atom. The molecule has 0 atom stereocenters. The topological polar surface area (TPSA) is 8.17 Å². The molecule has 10 aromatic carbocycles. The lowest BCUT2D eigenvalue weighted by Gasteiger charge is -2.26. The molecule has 0 aliphatic heterocycles. The van der Waals surface area contributed by atoms with Crippen LogP contribution in [0.25, 0.3) is 91.5 Å². The molecular formula is C56H36N2S. The predicted molar refractivity (Wildman–Crippen MR) is 254 cm³/mol. The van der Waals surface area contributed by atoms with Crippen molar-refractivity contribution in [3.63, 3.8) is 0 Å². The first-order valence-corrected chi connectivity index (χ1v) is 21.0. The Kier molecular flexibility index (Phi) is 7.75. The van der Waals surface area contributed by atoms with Gasteiger partial charge in [-0.25, -0.2) is 0 Å². The van der Waals surface area contributed by atoms with Crippen molar-refractivity contribution in [2.45, 2.75) is 0 Å². The highest BCUT2D eigenvalue weighted by atomic mass is 32.1. The molecule has 0 N–H and O–H groups in total. The van der Waals surface area contributed by atoms with E-state index in [1.165, 1.54) is 85.8 Å². The van der Waals surface area contributed by atoms with E-state index in [2.05, 4.69) is 228 Å². The van der Waals surface area contributed by atoms with E-state index in [1.54, 1.807) is 0 Å². The van der Waals surface area contributed by atoms with Crippen LogP contribution in [0.4, 0.5) is 17.1 Å². The van der Waals surface area contributed by atoms with Crippen LogP contribution < -0.4 is 4.90 Å². The standard InChI is InChI=1S/C56H36N2S/c1-2-14-45(15-3-1)57(47-28-24-40(25-29-47)44-19-18-37-10-4-5-11-41(37)34-44)46-26-20-38(21-27-46)39-22-30-48(31-23-39)58-52-33-32-50-49-16-8-9-17-54(49)59-56(50)55(52)51-35-42-12-6-7-13-43(42)36-53(51)58/h1-36H. The average Bonchev–Trinajstić information content (AvgIpc) is 3.84. The Morgan fingerprint density at radius 2 is 0.881 bits per heavy atom. The number of benzene rings is 10. The summed E-state index contributed by atoms with van der Waals surface area (Å²) in [6, 6.07) is 79.7. The van der Waals surface area contributed by atoms with Crippen LogP contribution >= 0.6 is 11.3 Å². The molecule has 0 aliphatic rings. The molecule has 2 nitrogen and oxygen atoms in total. The van der Waals surface area contributed by atoms with Crippen molar-refractivity contribution in [1.29, 1.82) is 0 Å². The summed E-state index contributed by atoms with van der Waals surface area (Å²) in [7, 11) is 0. The highest BCUT2D eigenvalue weighted by molar-refractivity contribution is 7.26. The lowest BCUT2D eigenvalue weighted by molar-refractivity contribution is 1.18. The zero-order valence-electron chi connectivity index (χ0n) is 32.1. The van der Waals surface area contributed by atoms with Crippen molar-refractivity contribution in [3.05, 3.63) is 218 Å². The van der Waals surface area contributed by atoms with E-state index < -0.39 is 0 Å². The molecule has 0 bridgehead atoms. The third-order valence-electron chi connectivity index (χ3n) is 11.9. The zero-order valence-corrected chi connectivity index (χ0v) is 32.9. The summed E-state index contributed by atoms with van der Waals surface area (Å²) in [6.07, 6.45) is 0. The molecule has 0 saturated carbocycles. The first kappa shape index (κ1) is 33.7. The summed E-state index contributed by atoms with van der Waals surface area (Å²) in [4.78, 5) is 2.33. The van der Waals surface area contributed by atoms with Crippen molar-refractivity contribution in [2.24, 2.45) is 0 Å². The van der Waals surface area contributed by atoms with Crippen LogP contribution in [0.5, 0.6) is 0 Å². The van der Waals surface area contributed by atoms with Gasteiger partial charge in [-0.3, -0.25) is 0 Å². The molecule has 0 unspecified atom stereocenters. The number of aromatic nitrogens is 1. The smallest absolute Gasteiger partial charge is 0.0555 e. The van der Waals surface area contributed by atoms with Crippen molar-refractivity contribution >= 4 is 91.9 Å². The van der Waals surface area contributed by atoms with Gasteiger partial charge in [0.05, 0.1) is 11.0 Å². The Bertz CT molecular complexity index is 3520. The van der Waals surface area contributed by atoms with Crippen LogP contribution in [0, 0.1) is 0 Å². The van der Waals surface area contributed by atoms with E-state index in [1.807, 2.05) is 11.3 Å². The molecule has 0 radical (unpaired) electrons. The first-order valence-electron chi connectivity index (χ1n) is 20.2. The summed E-state index contributed by atoms with van der Waals surface area (Å²) in [6.45, 7) is 0. The lowest BCUT2D eigenvalue weighted by Crippen LogP contribution is -2.09. The van der Waals surface area contributed by atoms with Gasteiger partial charge in [0.1, 0.15) is 0 Å². The van der Waals surface area contributed by atoms with E-state index in [0.717, 1.165) is 22.7 Å². The van der Waals surface area contributed by atoms with Gasteiger partial charge in [-0.2, -0.15) is 0 Å². The number of rotatable bonds is 6. The van der Waals surface area contributed by atoms with E-state index in [4.69, 9.17) is 0 Å². The predicted octanol–water partition coefficient (Wildman–Crippen LogP) is 16.3. The molecular weight excluding hydrogens is 733 g/mol. The number of fused-ring (bicyclic) bond motifs is 9. The number of anilines is 3. The second-order valence-electron chi connectivity index (χ2n) is 15.4. The molecule has 0 fully saturated rings. The average molecular weight is 769 g/mol. The van der Waals surface area contributed by atoms with Crippen molar-refractivity contribution in [1.82, 2.24) is 4.57 Å². The molecule has 2 heterocycles. The monoisotopic (exact) mass is 768 g/mol. The van der Waals surface area contributed by atoms with Gasteiger partial charge in [0.25, 0.3) is 0 Å². The quantitative estimate of drug-likeness (QED) is 0.164. The SMILES string of the molecule is c1ccc(N(c2ccc(-c3ccc(-n4c5cc6ccccc6cc5c5c6sc7ccccc7c6ccc54)cc3)cc2)c2ccc(-c3ccc4ccccc4c3)cc2)cc1. The molecule has 59 heavy (non-hydrogen) atoms. The van der Waals surface area contributed by atoms with Gasteiger partial charge in [0.15, 0.2) is 0 Å². The Labute approximate surface area is 346 Å². The molecule has 0 saturated heterocycles. The van der Waals surface area contributed by atoms with Crippen LogP contribution in [0.2, 0.25) is 0 Å². The summed E-state index contributed by atoms with van der Waals surface area (Å²) in [5.74, 6) is 0. The second kappa shape index (κ2) is 13.6. The highest BCUT2D eigenvalue weighted by Crippen LogP contribution is 2.44. The minimum Gasteiger partial charge on any atom is -0.311 e. The number of nitrogens with zero attached hydrogens (tertiary/aromatic N) is 2. The van der Waals surface area contributed by atoms with Crippen LogP contribution in [0.15, 0.2) is 218 Å². The van der Waals surface area contributed by atoms with Gasteiger partial charge >= 0.3 is 0 Å². The van der Waals surface area contributed by atoms with Gasteiger partial charge in [0, 0.05) is 53.7 Å². The van der Waals surface area contributed by atoms with Gasteiger partial charge < -0.3 is 9.47 Å². The van der Waals surface area contributed by atoms with Crippen LogP contribution in [0.3, 0.4) is 0 Å². The minimum absolute atomic E-state index is 1.11. The van der Waals surface area contributed by atoms with E-state index in [0.29, 0.717) is 0 Å². The minimum atomic E-state index is 1.11. The Balaban J connectivity index is 0.908. The maximum Gasteiger partial charge on any atom is 0.0555 e. The molecule has 3 heteroatoms. The number of para-hydroxylation sites is 1. The Hall–Kier alpha value is -7.46. The van der Waals surface area contributed by atoms with E-state index in [-0.39, 0.29) is 0 Å². The molecule has 2 aromatic heterocycles. The molecule has 0 amide bonds. The van der Waals surface area contributed by atoms with Gasteiger partial charge in [-0.15, -0.1) is 11.3 Å². The molecule has 0 spiro atoms. The summed E-state index contributed by atoms with van der Waals surface area (Å²) >= 11 is 1.90. The van der Waals surface area contributed by atoms with Crippen LogP contribution in [0.1, 0.15) is 0 Å². The normalized spacial score (nSPS) is 11.7. The van der Waals surface area contributed by atoms with Gasteiger partial charge in [-0.1, -0.05) is 140 Å². The largest absolute Gasteiger partial charge is 0.311 e. The van der Waals surface area contributed by atoms with Crippen molar-refractivity contribution in [3.8, 4) is 27.9 Å².